The highest BCUT2D eigenvalue weighted by atomic mass is 16.3. The Kier molecular flexibility index (Phi) is 39.1. The lowest BCUT2D eigenvalue weighted by atomic mass is 9.99. The van der Waals surface area contributed by atoms with Crippen molar-refractivity contribution >= 4 is 111 Å². The van der Waals surface area contributed by atoms with E-state index in [4.69, 9.17) is 50.6 Å². The summed E-state index contributed by atoms with van der Waals surface area (Å²) in [6.07, 6.45) is 1.89. The minimum Gasteiger partial charge on any atom is -0.508 e. The summed E-state index contributed by atoms with van der Waals surface area (Å²) in [6.45, 7) is 4.30. The maximum absolute atomic E-state index is 15.1. The lowest BCUT2D eigenvalue weighted by molar-refractivity contribution is -0.138. The molecule has 124 heavy (non-hydrogen) atoms. The molecule has 46 nitrogen and oxygen atoms in total. The Labute approximate surface area is 711 Å². The smallest absolute Gasteiger partial charge is 0.245 e. The number of phenols is 2. The monoisotopic (exact) mass is 1730 g/mol. The van der Waals surface area contributed by atoms with Gasteiger partial charge in [0.1, 0.15) is 78.0 Å². The third-order valence-electron chi connectivity index (χ3n) is 19.5. The van der Waals surface area contributed by atoms with Gasteiger partial charge in [-0.15, -0.1) is 0 Å². The fourth-order valence-corrected chi connectivity index (χ4v) is 12.9. The molecule has 36 N–H and O–H groups in total. The highest BCUT2D eigenvalue weighted by Gasteiger charge is 2.40. The topological polar surface area (TPSA) is 781 Å². The Morgan fingerprint density at radius 2 is 0.766 bits per heavy atom. The van der Waals surface area contributed by atoms with E-state index in [1.807, 2.05) is 0 Å². The molecule has 3 aromatic heterocycles. The first-order valence-corrected chi connectivity index (χ1v) is 39.7. The molecule has 0 saturated heterocycles. The van der Waals surface area contributed by atoms with Crippen LogP contribution in [0.1, 0.15) is 107 Å². The number of nitrogens with one attached hydrogen (secondary N) is 21. The van der Waals surface area contributed by atoms with Crippen molar-refractivity contribution in [3.8, 4) is 11.5 Å². The molecule has 6 aromatic rings. The van der Waals surface area contributed by atoms with Gasteiger partial charge in [-0.3, -0.25) is 83.4 Å². The van der Waals surface area contributed by atoms with E-state index in [2.05, 4.69) is 105 Å². The number of benzene rings is 3. The summed E-state index contributed by atoms with van der Waals surface area (Å²) < 4.78 is 0. The van der Waals surface area contributed by atoms with E-state index >= 15 is 9.59 Å². The SMILES string of the molecule is CN[C@@H](CCCNC(=N)N)C(=O)N[C@@H](Cc1cnc[nH]1)C(=O)N[C@@H](Cc1ccc(O)cc1)C(=O)N[C@@H](Cc1cnc[nH]1)C(=O)N[C@@H](CC(N)=O)C(=O)N[C@@H](Cc1c[nH]c2ccccc12)C(=O)N[C@H](C(=O)N[C@H](C(=O)N[C@@H](CCCNC(=N)N)C(=O)N[C@@H](CCC(N)=O)C(=O)N[C@@H](CCCNC(=N)N)C(=O)N[C@@H](Cc1ccc(O)cc1)C(N)=O)[C@@H](C)O)C(C)C. The van der Waals surface area contributed by atoms with Crippen molar-refractivity contribution in [3.63, 3.8) is 0 Å². The Morgan fingerprint density at radius 3 is 1.19 bits per heavy atom. The number of para-hydroxylation sites is 1. The third-order valence-corrected chi connectivity index (χ3v) is 19.5. The fraction of sp³-hybridized carbons (Fsp3) is 0.449. The number of aromatic amines is 3. The average Bonchev–Trinajstić information content (AvgIpc) is 1.21. The van der Waals surface area contributed by atoms with Crippen LogP contribution in [0.15, 0.2) is 104 Å². The van der Waals surface area contributed by atoms with Crippen LogP contribution in [0.25, 0.3) is 10.9 Å². The maximum Gasteiger partial charge on any atom is 0.245 e. The van der Waals surface area contributed by atoms with Crippen LogP contribution in [0.2, 0.25) is 0 Å². The van der Waals surface area contributed by atoms with Crippen molar-refractivity contribution in [2.45, 2.75) is 189 Å². The number of aromatic nitrogens is 5. The number of carbonyl (C=O) groups excluding carboxylic acids is 14. The molecule has 0 radical (unpaired) electrons. The summed E-state index contributed by atoms with van der Waals surface area (Å²) in [4.78, 5) is 216. The van der Waals surface area contributed by atoms with Gasteiger partial charge >= 0.3 is 0 Å². The second-order valence-electron chi connectivity index (χ2n) is 29.7. The molecule has 3 heterocycles. The number of imidazole rings is 2. The number of H-pyrrole nitrogens is 3. The number of aromatic hydroxyl groups is 2. The number of primary amides is 3. The quantitative estimate of drug-likeness (QED) is 0.00958. The average molecular weight is 1730 g/mol. The highest BCUT2D eigenvalue weighted by molar-refractivity contribution is 6.01. The summed E-state index contributed by atoms with van der Waals surface area (Å²) in [7, 11) is 1.53. The maximum atomic E-state index is 15.1. The Morgan fingerprint density at radius 1 is 0.403 bits per heavy atom. The van der Waals surface area contributed by atoms with Gasteiger partial charge in [-0.05, 0) is 112 Å². The molecule has 0 bridgehead atoms. The van der Waals surface area contributed by atoms with Gasteiger partial charge in [0, 0.05) is 99.0 Å². The van der Waals surface area contributed by atoms with E-state index in [1.165, 1.54) is 94.5 Å². The van der Waals surface area contributed by atoms with Crippen molar-refractivity contribution in [1.82, 2.24) is 105 Å². The molecule has 14 amide bonds. The van der Waals surface area contributed by atoms with Crippen molar-refractivity contribution < 1.29 is 82.4 Å². The molecule has 0 saturated carbocycles. The largest absolute Gasteiger partial charge is 0.508 e. The number of fused-ring (bicyclic) bond motifs is 1. The van der Waals surface area contributed by atoms with Crippen LogP contribution in [0, 0.1) is 22.1 Å². The summed E-state index contributed by atoms with van der Waals surface area (Å²) in [5.41, 5.74) is 35.9. The minimum absolute atomic E-state index is 0.0158. The first-order chi connectivity index (χ1) is 58.9. The molecule has 46 heteroatoms. The molecule has 3 aromatic carbocycles. The van der Waals surface area contributed by atoms with Crippen LogP contribution < -0.4 is 114 Å². The fourth-order valence-electron chi connectivity index (χ4n) is 12.9. The molecule has 0 aliphatic carbocycles. The molecule has 0 aliphatic heterocycles. The number of aliphatic hydroxyl groups excluding tert-OH is 1. The van der Waals surface area contributed by atoms with Crippen molar-refractivity contribution in [2.75, 3.05) is 26.7 Å². The number of phenolic OH excluding ortho intramolecular Hbond substituents is 2. The molecule has 0 spiro atoms. The molecule has 0 aliphatic rings. The van der Waals surface area contributed by atoms with Gasteiger partial charge in [0.25, 0.3) is 0 Å². The van der Waals surface area contributed by atoms with Crippen LogP contribution in [-0.2, 0) is 99.2 Å². The number of hydrogen-bond donors (Lipinski definition) is 30. The van der Waals surface area contributed by atoms with E-state index in [1.54, 1.807) is 30.5 Å². The molecule has 672 valence electrons. The highest BCUT2D eigenvalue weighted by Crippen LogP contribution is 2.21. The number of likely N-dealkylation sites (N-methyl/N-ethyl adjacent to an activating group) is 1. The molecule has 0 unspecified atom stereocenters. The first kappa shape index (κ1) is 98.4. The second-order valence-corrected chi connectivity index (χ2v) is 29.7. The minimum atomic E-state index is -1.97. The number of nitrogens with zero attached hydrogens (tertiary/aromatic N) is 2. The van der Waals surface area contributed by atoms with Gasteiger partial charge in [-0.25, -0.2) is 9.97 Å². The van der Waals surface area contributed by atoms with Crippen LogP contribution in [0.4, 0.5) is 0 Å². The zero-order chi connectivity index (χ0) is 91.3. The first-order valence-electron chi connectivity index (χ1n) is 39.7. The molecule has 0 fully saturated rings. The zero-order valence-electron chi connectivity index (χ0n) is 68.8. The van der Waals surface area contributed by atoms with E-state index in [-0.39, 0.29) is 101 Å². The van der Waals surface area contributed by atoms with Crippen LogP contribution in [0.3, 0.4) is 0 Å². The number of rotatable bonds is 53. The molecule has 13 atom stereocenters. The van der Waals surface area contributed by atoms with Crippen molar-refractivity contribution in [2.24, 2.45) is 40.3 Å². The van der Waals surface area contributed by atoms with Crippen LogP contribution in [0.5, 0.6) is 11.5 Å². The lowest BCUT2D eigenvalue weighted by Gasteiger charge is -2.30. The molecular formula is C78H113N29O17. The van der Waals surface area contributed by atoms with Gasteiger partial charge in [-0.2, -0.15) is 0 Å². The van der Waals surface area contributed by atoms with Crippen molar-refractivity contribution in [3.05, 3.63) is 132 Å². The summed E-state index contributed by atoms with van der Waals surface area (Å²) in [5, 5.41) is 93.5. The van der Waals surface area contributed by atoms with Gasteiger partial charge in [0.05, 0.1) is 31.2 Å². The Hall–Kier alpha value is -14.5. The Bertz CT molecular complexity index is 4640. The van der Waals surface area contributed by atoms with Crippen LogP contribution >= 0.6 is 0 Å². The number of nitrogens with two attached hydrogens (primary N) is 6. The van der Waals surface area contributed by atoms with E-state index < -0.39 is 205 Å². The number of hydrogen-bond acceptors (Lipinski definition) is 23. The van der Waals surface area contributed by atoms with Crippen molar-refractivity contribution in [1.29, 1.82) is 16.2 Å². The van der Waals surface area contributed by atoms with Gasteiger partial charge < -0.3 is 144 Å². The van der Waals surface area contributed by atoms with Gasteiger partial charge in [0.15, 0.2) is 17.9 Å². The van der Waals surface area contributed by atoms with E-state index in [0.717, 1.165) is 6.92 Å². The zero-order valence-corrected chi connectivity index (χ0v) is 68.8. The number of aliphatic hydroxyl groups is 1. The Balaban J connectivity index is 1.26. The van der Waals surface area contributed by atoms with E-state index in [9.17, 15) is 72.9 Å². The number of guanidine groups is 3. The van der Waals surface area contributed by atoms with Gasteiger partial charge in [0.2, 0.25) is 82.7 Å². The second kappa shape index (κ2) is 49.3. The standard InChI is InChI=1S/C78H113N29O17/c1-39(2)62(74(123)107-63(40(3)108)75(124)99-52(14-9-27-93-78(86)87)66(115)98-53(23-24-60(79)111)68(117)97-51(13-8-26-92-77(84)85)67(116)100-54(64(81)113)28-41-15-19-46(109)20-16-41)106-73(122)56(30-43-34-94-49-11-6-5-10-48(43)49)102-72(121)59(33-61(80)112)105-71(120)58(32-45-36-90-38-96-45)104-69(118)55(29-42-17-21-47(110)22-18-42)101-70(119)57(31-44-35-89-37-95-44)103-65(114)50(88-4)12-7-25-91-76(82)83/h5-6,10-11,15-22,34-40,50-59,62-63,88,94,108-110H,7-9,12-14,23-33H2,1-4H3,(H2,79,111)(H2,80,112)(H2,81,113)(H,89,95)(H,90,96)(H,97,117)(H,98,115)(H,99,124)(H,100,116)(H,101,119)(H,102,121)(H,103,114)(H,104,118)(H,105,120)(H,106,122)(H,107,123)(H4,82,83,91)(H4,84,85,92)(H4,86,87,93)/t40-,50+,51+,52+,53+,54+,55+,56+,57+,58+,59+,62+,63+/m1/s1. The molecule has 6 rings (SSSR count). The number of carbonyl (C=O) groups is 14. The predicted molar refractivity (Wildman–Crippen MR) is 450 cm³/mol. The summed E-state index contributed by atoms with van der Waals surface area (Å²) >= 11 is 0. The summed E-state index contributed by atoms with van der Waals surface area (Å²) in [6, 6.07) is -0.978. The van der Waals surface area contributed by atoms with Crippen LogP contribution in [-0.4, -0.2) is 246 Å². The third kappa shape index (κ3) is 33.3. The lowest BCUT2D eigenvalue weighted by Crippen LogP contribution is -2.63. The number of amides is 14. The predicted octanol–water partition coefficient (Wildman–Crippen LogP) is -7.09. The summed E-state index contributed by atoms with van der Waals surface area (Å²) in [5.74, 6) is -16.7. The van der Waals surface area contributed by atoms with Gasteiger partial charge in [-0.1, -0.05) is 56.3 Å². The molecular weight excluding hydrogens is 1620 g/mol. The van der Waals surface area contributed by atoms with E-state index in [0.29, 0.717) is 39.7 Å². The normalized spacial score (nSPS) is 14.2.